The third-order valence-corrected chi connectivity index (χ3v) is 3.98. The molecule has 0 unspecified atom stereocenters. The number of ether oxygens (including phenoxy) is 1. The van der Waals surface area contributed by atoms with Crippen LogP contribution < -0.4 is 10.1 Å². The van der Waals surface area contributed by atoms with Crippen LogP contribution in [0.3, 0.4) is 0 Å². The summed E-state index contributed by atoms with van der Waals surface area (Å²) >= 11 is 0. The van der Waals surface area contributed by atoms with Gasteiger partial charge in [0.05, 0.1) is 24.7 Å². The van der Waals surface area contributed by atoms with E-state index in [2.05, 4.69) is 22.0 Å². The Labute approximate surface area is 141 Å². The van der Waals surface area contributed by atoms with Gasteiger partial charge in [-0.05, 0) is 18.2 Å². The first-order chi connectivity index (χ1) is 11.7. The van der Waals surface area contributed by atoms with E-state index < -0.39 is 0 Å². The molecule has 24 heavy (non-hydrogen) atoms. The highest BCUT2D eigenvalue weighted by molar-refractivity contribution is 5.76. The fourth-order valence-electron chi connectivity index (χ4n) is 2.85. The number of rotatable bonds is 6. The summed E-state index contributed by atoms with van der Waals surface area (Å²) in [6.45, 7) is 2.78. The minimum Gasteiger partial charge on any atom is -0.496 e. The summed E-state index contributed by atoms with van der Waals surface area (Å²) in [6, 6.07) is 16.1. The SMILES string of the molecule is COc1ccccc1Cn1c(CCNC(C)=O)nc2ccccc21. The van der Waals surface area contributed by atoms with E-state index in [4.69, 9.17) is 9.72 Å². The molecule has 124 valence electrons. The maximum absolute atomic E-state index is 11.1. The molecule has 0 spiro atoms. The summed E-state index contributed by atoms with van der Waals surface area (Å²) in [5, 5.41) is 2.84. The Morgan fingerprint density at radius 1 is 1.17 bits per heavy atom. The van der Waals surface area contributed by atoms with Crippen molar-refractivity contribution in [3.05, 3.63) is 59.9 Å². The number of imidazole rings is 1. The monoisotopic (exact) mass is 323 g/mol. The predicted octanol–water partition coefficient (Wildman–Crippen LogP) is 2.77. The van der Waals surface area contributed by atoms with Gasteiger partial charge in [-0.3, -0.25) is 4.79 Å². The number of hydrogen-bond acceptors (Lipinski definition) is 3. The van der Waals surface area contributed by atoms with Crippen molar-refractivity contribution in [1.29, 1.82) is 0 Å². The number of fused-ring (bicyclic) bond motifs is 1. The Morgan fingerprint density at radius 2 is 1.92 bits per heavy atom. The average Bonchev–Trinajstić information content (AvgIpc) is 2.93. The van der Waals surface area contributed by atoms with Crippen LogP contribution in [0.15, 0.2) is 48.5 Å². The van der Waals surface area contributed by atoms with E-state index in [1.54, 1.807) is 7.11 Å². The normalized spacial score (nSPS) is 10.8. The van der Waals surface area contributed by atoms with Gasteiger partial charge in [-0.2, -0.15) is 0 Å². The van der Waals surface area contributed by atoms with Crippen LogP contribution >= 0.6 is 0 Å². The molecular weight excluding hydrogens is 302 g/mol. The Hall–Kier alpha value is -2.82. The zero-order chi connectivity index (χ0) is 16.9. The molecule has 0 bridgehead atoms. The number of para-hydroxylation sites is 3. The van der Waals surface area contributed by atoms with Crippen molar-refractivity contribution in [2.24, 2.45) is 0 Å². The first kappa shape index (κ1) is 16.1. The summed E-state index contributed by atoms with van der Waals surface area (Å²) in [5.74, 6) is 1.79. The van der Waals surface area contributed by atoms with E-state index in [9.17, 15) is 4.79 Å². The standard InChI is InChI=1S/C19H21N3O2/c1-14(23)20-12-11-19-21-16-8-4-5-9-17(16)22(19)13-15-7-3-6-10-18(15)24-2/h3-10H,11-13H2,1-2H3,(H,20,23). The molecule has 1 aromatic heterocycles. The van der Waals surface area contributed by atoms with Crippen LogP contribution in [0, 0.1) is 0 Å². The highest BCUT2D eigenvalue weighted by atomic mass is 16.5. The van der Waals surface area contributed by atoms with Crippen molar-refractivity contribution in [1.82, 2.24) is 14.9 Å². The highest BCUT2D eigenvalue weighted by Gasteiger charge is 2.12. The van der Waals surface area contributed by atoms with Gasteiger partial charge in [-0.15, -0.1) is 0 Å². The van der Waals surface area contributed by atoms with E-state index in [0.29, 0.717) is 19.5 Å². The van der Waals surface area contributed by atoms with Gasteiger partial charge >= 0.3 is 0 Å². The van der Waals surface area contributed by atoms with E-state index in [1.165, 1.54) is 6.92 Å². The van der Waals surface area contributed by atoms with Gasteiger partial charge in [0.2, 0.25) is 5.91 Å². The minimum absolute atomic E-state index is 0.0256. The quantitative estimate of drug-likeness (QED) is 0.759. The number of hydrogen-bond donors (Lipinski definition) is 1. The number of methoxy groups -OCH3 is 1. The maximum Gasteiger partial charge on any atom is 0.216 e. The van der Waals surface area contributed by atoms with Crippen molar-refractivity contribution in [2.45, 2.75) is 19.9 Å². The van der Waals surface area contributed by atoms with E-state index in [0.717, 1.165) is 28.2 Å². The molecule has 0 saturated heterocycles. The summed E-state index contributed by atoms with van der Waals surface area (Å²) in [4.78, 5) is 15.8. The zero-order valence-corrected chi connectivity index (χ0v) is 14.0. The summed E-state index contributed by atoms with van der Waals surface area (Å²) in [6.07, 6.45) is 0.684. The van der Waals surface area contributed by atoms with Gasteiger partial charge in [-0.1, -0.05) is 30.3 Å². The molecule has 1 amide bonds. The number of amides is 1. The van der Waals surface area contributed by atoms with Gasteiger partial charge in [0.25, 0.3) is 0 Å². The number of aromatic nitrogens is 2. The molecule has 0 aliphatic rings. The van der Waals surface area contributed by atoms with Crippen LogP contribution in [0.2, 0.25) is 0 Å². The predicted molar refractivity (Wildman–Crippen MR) is 94.2 cm³/mol. The number of nitrogens with one attached hydrogen (secondary N) is 1. The second-order valence-corrected chi connectivity index (χ2v) is 5.65. The third kappa shape index (κ3) is 3.40. The van der Waals surface area contributed by atoms with Gasteiger partial charge in [0, 0.05) is 25.5 Å². The van der Waals surface area contributed by atoms with Crippen molar-refractivity contribution in [2.75, 3.05) is 13.7 Å². The lowest BCUT2D eigenvalue weighted by Crippen LogP contribution is -2.23. The van der Waals surface area contributed by atoms with E-state index >= 15 is 0 Å². The Morgan fingerprint density at radius 3 is 2.71 bits per heavy atom. The van der Waals surface area contributed by atoms with Crippen LogP contribution in [-0.4, -0.2) is 29.1 Å². The lowest BCUT2D eigenvalue weighted by molar-refractivity contribution is -0.118. The van der Waals surface area contributed by atoms with Crippen molar-refractivity contribution in [3.63, 3.8) is 0 Å². The molecule has 1 heterocycles. The highest BCUT2D eigenvalue weighted by Crippen LogP contribution is 2.23. The number of benzene rings is 2. The fraction of sp³-hybridized carbons (Fsp3) is 0.263. The van der Waals surface area contributed by atoms with Crippen molar-refractivity contribution >= 4 is 16.9 Å². The van der Waals surface area contributed by atoms with Crippen molar-refractivity contribution in [3.8, 4) is 5.75 Å². The van der Waals surface area contributed by atoms with Gasteiger partial charge in [0.1, 0.15) is 11.6 Å². The molecule has 3 aromatic rings. The topological polar surface area (TPSA) is 56.1 Å². The Balaban J connectivity index is 1.96. The fourth-order valence-corrected chi connectivity index (χ4v) is 2.85. The second kappa shape index (κ2) is 7.17. The Kier molecular flexibility index (Phi) is 4.79. The number of carbonyl (C=O) groups is 1. The molecule has 0 atom stereocenters. The molecule has 0 saturated carbocycles. The molecule has 0 radical (unpaired) electrons. The summed E-state index contributed by atoms with van der Waals surface area (Å²) in [7, 11) is 1.68. The zero-order valence-electron chi connectivity index (χ0n) is 14.0. The van der Waals surface area contributed by atoms with Crippen LogP contribution in [0.1, 0.15) is 18.3 Å². The molecule has 3 rings (SSSR count). The van der Waals surface area contributed by atoms with E-state index in [1.807, 2.05) is 36.4 Å². The lowest BCUT2D eigenvalue weighted by Gasteiger charge is -2.12. The molecule has 0 fully saturated rings. The largest absolute Gasteiger partial charge is 0.496 e. The van der Waals surface area contributed by atoms with Crippen LogP contribution in [0.5, 0.6) is 5.75 Å². The summed E-state index contributed by atoms with van der Waals surface area (Å²) in [5.41, 5.74) is 3.15. The molecule has 5 heteroatoms. The van der Waals surface area contributed by atoms with Gasteiger partial charge in [-0.25, -0.2) is 4.98 Å². The van der Waals surface area contributed by atoms with Gasteiger partial charge < -0.3 is 14.6 Å². The molecule has 0 aliphatic carbocycles. The third-order valence-electron chi connectivity index (χ3n) is 3.98. The Bertz CT molecular complexity index is 855. The van der Waals surface area contributed by atoms with Gasteiger partial charge in [0.15, 0.2) is 0 Å². The second-order valence-electron chi connectivity index (χ2n) is 5.65. The molecule has 5 nitrogen and oxygen atoms in total. The molecule has 1 N–H and O–H groups in total. The van der Waals surface area contributed by atoms with Crippen LogP contribution in [-0.2, 0) is 17.8 Å². The minimum atomic E-state index is -0.0256. The van der Waals surface area contributed by atoms with Crippen molar-refractivity contribution < 1.29 is 9.53 Å². The smallest absolute Gasteiger partial charge is 0.216 e. The molecule has 2 aromatic carbocycles. The molecular formula is C19H21N3O2. The first-order valence-electron chi connectivity index (χ1n) is 7.99. The summed E-state index contributed by atoms with van der Waals surface area (Å²) < 4.78 is 7.66. The maximum atomic E-state index is 11.1. The van der Waals surface area contributed by atoms with Crippen LogP contribution in [0.4, 0.5) is 0 Å². The van der Waals surface area contributed by atoms with Crippen LogP contribution in [0.25, 0.3) is 11.0 Å². The first-order valence-corrected chi connectivity index (χ1v) is 7.99. The molecule has 0 aliphatic heterocycles. The average molecular weight is 323 g/mol. The van der Waals surface area contributed by atoms with E-state index in [-0.39, 0.29) is 5.91 Å². The number of nitrogens with zero attached hydrogens (tertiary/aromatic N) is 2. The number of carbonyl (C=O) groups excluding carboxylic acids is 1. The lowest BCUT2D eigenvalue weighted by atomic mass is 10.2.